The van der Waals surface area contributed by atoms with Crippen molar-refractivity contribution in [2.45, 2.75) is 27.7 Å². The van der Waals surface area contributed by atoms with Gasteiger partial charge in [-0.25, -0.2) is 0 Å². The Labute approximate surface area is 152 Å². The van der Waals surface area contributed by atoms with Gasteiger partial charge in [-0.2, -0.15) is 0 Å². The zero-order valence-corrected chi connectivity index (χ0v) is 16.7. The quantitative estimate of drug-likeness (QED) is 0.328. The molecule has 0 radical (unpaired) electrons. The van der Waals surface area contributed by atoms with Crippen molar-refractivity contribution in [3.8, 4) is 0 Å². The highest BCUT2D eigenvalue weighted by Gasteiger charge is 2.12. The summed E-state index contributed by atoms with van der Waals surface area (Å²) in [4.78, 5) is 12.4. The van der Waals surface area contributed by atoms with Gasteiger partial charge in [0.15, 0.2) is 12.1 Å². The smallest absolute Gasteiger partial charge is 0.193 e. The number of ether oxygens (including phenoxy) is 2. The van der Waals surface area contributed by atoms with Gasteiger partial charge in [-0.15, -0.1) is 0 Å². The summed E-state index contributed by atoms with van der Waals surface area (Å²) in [6.07, 6.45) is 5.67. The predicted molar refractivity (Wildman–Crippen MR) is 108 cm³/mol. The van der Waals surface area contributed by atoms with Crippen LogP contribution in [0.25, 0.3) is 5.76 Å². The Morgan fingerprint density at radius 1 is 1.28 bits per heavy atom. The van der Waals surface area contributed by atoms with E-state index in [0.717, 1.165) is 27.8 Å². The second-order valence-corrected chi connectivity index (χ2v) is 7.03. The molecular weight excluding hydrogens is 331 g/mol. The van der Waals surface area contributed by atoms with Crippen molar-refractivity contribution in [1.82, 2.24) is 0 Å². The lowest BCUT2D eigenvalue weighted by Crippen LogP contribution is -2.05. The Morgan fingerprint density at radius 3 is 2.52 bits per heavy atom. The number of aryl methyl sites for hydroxylation is 1. The molecule has 3 nitrogen and oxygen atoms in total. The number of carbonyl (C=O) groups excluding carboxylic acids is 1. The maximum absolute atomic E-state index is 12.4. The van der Waals surface area contributed by atoms with Gasteiger partial charge in [-0.05, 0) is 47.9 Å². The predicted octanol–water partition coefficient (Wildman–Crippen LogP) is 5.59. The van der Waals surface area contributed by atoms with Crippen LogP contribution in [-0.2, 0) is 14.3 Å². The van der Waals surface area contributed by atoms with Gasteiger partial charge in [-0.3, -0.25) is 4.79 Å². The lowest BCUT2D eigenvalue weighted by molar-refractivity contribution is -0.113. The third kappa shape index (κ3) is 7.11. The van der Waals surface area contributed by atoms with E-state index < -0.39 is 0 Å². The van der Waals surface area contributed by atoms with Gasteiger partial charge >= 0.3 is 0 Å². The molecule has 0 aliphatic heterocycles. The molecule has 0 spiro atoms. The number of hydrogen-bond donors (Lipinski definition) is 0. The maximum Gasteiger partial charge on any atom is 0.193 e. The minimum Gasteiger partial charge on any atom is -0.501 e. The molecule has 25 heavy (non-hydrogen) atoms. The third-order valence-electron chi connectivity index (χ3n) is 3.44. The van der Waals surface area contributed by atoms with Crippen molar-refractivity contribution in [3.63, 3.8) is 0 Å². The number of methoxy groups -OCH3 is 1. The second-order valence-electron chi connectivity index (χ2n) is 5.68. The first kappa shape index (κ1) is 20.9. The molecule has 0 heterocycles. The summed E-state index contributed by atoms with van der Waals surface area (Å²) in [5.74, 6) is 1.42. The van der Waals surface area contributed by atoms with Gasteiger partial charge in [0, 0.05) is 10.9 Å². The van der Waals surface area contributed by atoms with Crippen molar-refractivity contribution in [2.24, 2.45) is 0 Å². The molecule has 0 amide bonds. The summed E-state index contributed by atoms with van der Waals surface area (Å²) in [7, 11) is 1.60. The Kier molecular flexibility index (Phi) is 8.94. The molecule has 0 N–H and O–H groups in total. The second kappa shape index (κ2) is 10.7. The van der Waals surface area contributed by atoms with Gasteiger partial charge in [0.1, 0.15) is 11.5 Å². The minimum absolute atomic E-state index is 0.00426. The summed E-state index contributed by atoms with van der Waals surface area (Å²) in [6.45, 7) is 11.6. The van der Waals surface area contributed by atoms with Gasteiger partial charge in [0.2, 0.25) is 0 Å². The van der Waals surface area contributed by atoms with E-state index in [-0.39, 0.29) is 20.7 Å². The van der Waals surface area contributed by atoms with Crippen molar-refractivity contribution in [1.29, 1.82) is 0 Å². The topological polar surface area (TPSA) is 35.5 Å². The van der Waals surface area contributed by atoms with E-state index in [1.807, 2.05) is 70.2 Å². The fraction of sp³-hybridized carbons (Fsp3) is 0.286. The van der Waals surface area contributed by atoms with E-state index in [4.69, 9.17) is 9.47 Å². The van der Waals surface area contributed by atoms with Crippen molar-refractivity contribution in [2.75, 3.05) is 13.7 Å². The molecule has 0 fully saturated rings. The zero-order valence-electron chi connectivity index (χ0n) is 15.7. The molecule has 134 valence electrons. The van der Waals surface area contributed by atoms with Crippen LogP contribution in [0, 0.1) is 6.92 Å². The summed E-state index contributed by atoms with van der Waals surface area (Å²) >= 11 is 0. The van der Waals surface area contributed by atoms with Crippen LogP contribution in [0.3, 0.4) is 0 Å². The lowest BCUT2D eigenvalue weighted by Gasteiger charge is -2.13. The summed E-state index contributed by atoms with van der Waals surface area (Å²) in [6, 6.07) is 7.93. The Hall–Kier alpha value is -2.12. The average Bonchev–Trinajstić information content (AvgIpc) is 2.57. The van der Waals surface area contributed by atoms with E-state index in [0.29, 0.717) is 5.76 Å². The molecule has 0 saturated carbocycles. The molecule has 4 heteroatoms. The van der Waals surface area contributed by atoms with E-state index in [9.17, 15) is 4.79 Å². The first-order valence-corrected chi connectivity index (χ1v) is 9.12. The van der Waals surface area contributed by atoms with Crippen LogP contribution < -0.4 is 0 Å². The van der Waals surface area contributed by atoms with Crippen LogP contribution in [0.1, 0.15) is 31.9 Å². The molecule has 0 aromatic heterocycles. The fourth-order valence-electron chi connectivity index (χ4n) is 2.12. The number of carbonyl (C=O) groups is 1. The minimum atomic E-state index is -0.00426. The third-order valence-corrected chi connectivity index (χ3v) is 4.65. The fourth-order valence-corrected chi connectivity index (χ4v) is 3.10. The molecule has 1 aromatic rings. The Balaban J connectivity index is 2.89. The number of rotatable bonds is 9. The molecule has 1 atom stereocenters. The number of hydrogen-bond acceptors (Lipinski definition) is 3. The first-order chi connectivity index (χ1) is 11.9. The molecular formula is C21H27O3P. The van der Waals surface area contributed by atoms with Crippen molar-refractivity contribution < 1.29 is 14.3 Å². The summed E-state index contributed by atoms with van der Waals surface area (Å²) in [5, 5.41) is 0.889. The van der Waals surface area contributed by atoms with Crippen LogP contribution in [0.15, 0.2) is 65.7 Å². The van der Waals surface area contributed by atoms with E-state index in [1.165, 1.54) is 0 Å². The number of benzene rings is 1. The SMILES string of the molecule is C=C(C)/C=C(/OCC(=O)PC(/C=C\C)=C(/C)OC)c1ccccc1C. The van der Waals surface area contributed by atoms with E-state index in [2.05, 4.69) is 6.58 Å². The Bertz CT molecular complexity index is 712. The van der Waals surface area contributed by atoms with Crippen LogP contribution in [-0.4, -0.2) is 19.2 Å². The largest absolute Gasteiger partial charge is 0.501 e. The number of allylic oxidation sites excluding steroid dienone is 6. The van der Waals surface area contributed by atoms with Gasteiger partial charge in [0.05, 0.1) is 7.11 Å². The van der Waals surface area contributed by atoms with Gasteiger partial charge < -0.3 is 9.47 Å². The molecule has 1 unspecified atom stereocenters. The normalized spacial score (nSPS) is 13.2. The Morgan fingerprint density at radius 2 is 1.96 bits per heavy atom. The standard InChI is InChI=1S/C21H27O3P/c1-7-10-20(17(5)23-6)25-21(22)14-24-19(13-15(2)3)18-12-9-8-11-16(18)4/h7-13,25H,2,14H2,1,3-6H3/b10-7-,19-13+,20-17-. The van der Waals surface area contributed by atoms with Crippen LogP contribution in [0.2, 0.25) is 0 Å². The molecule has 0 aliphatic rings. The van der Waals surface area contributed by atoms with E-state index >= 15 is 0 Å². The summed E-state index contributed by atoms with van der Waals surface area (Å²) in [5.41, 5.74) is 2.96. The highest BCUT2D eigenvalue weighted by atomic mass is 31.1. The van der Waals surface area contributed by atoms with Crippen LogP contribution in [0.5, 0.6) is 0 Å². The van der Waals surface area contributed by atoms with Crippen LogP contribution in [0.4, 0.5) is 0 Å². The highest BCUT2D eigenvalue weighted by Crippen LogP contribution is 2.30. The first-order valence-electron chi connectivity index (χ1n) is 8.12. The van der Waals surface area contributed by atoms with E-state index in [1.54, 1.807) is 7.11 Å². The molecule has 0 saturated heterocycles. The van der Waals surface area contributed by atoms with Crippen LogP contribution >= 0.6 is 8.58 Å². The lowest BCUT2D eigenvalue weighted by atomic mass is 10.1. The highest BCUT2D eigenvalue weighted by molar-refractivity contribution is 7.62. The molecule has 1 aromatic carbocycles. The van der Waals surface area contributed by atoms with Crippen molar-refractivity contribution in [3.05, 3.63) is 76.8 Å². The van der Waals surface area contributed by atoms with Crippen molar-refractivity contribution >= 4 is 19.9 Å². The monoisotopic (exact) mass is 358 g/mol. The van der Waals surface area contributed by atoms with Gasteiger partial charge in [0.25, 0.3) is 0 Å². The summed E-state index contributed by atoms with van der Waals surface area (Å²) < 4.78 is 11.1. The molecule has 1 rings (SSSR count). The molecule has 0 bridgehead atoms. The van der Waals surface area contributed by atoms with Gasteiger partial charge in [-0.1, -0.05) is 48.6 Å². The maximum atomic E-state index is 12.4. The molecule has 0 aliphatic carbocycles. The zero-order chi connectivity index (χ0) is 18.8. The average molecular weight is 358 g/mol.